The summed E-state index contributed by atoms with van der Waals surface area (Å²) in [6, 6.07) is 38.4. The van der Waals surface area contributed by atoms with E-state index in [2.05, 4.69) is 0 Å². The summed E-state index contributed by atoms with van der Waals surface area (Å²) in [6.07, 6.45) is -3.34. The molecule has 4 rings (SSSR count). The van der Waals surface area contributed by atoms with Crippen molar-refractivity contribution in [2.75, 3.05) is 20.7 Å². The number of ketones is 1. The van der Waals surface area contributed by atoms with E-state index >= 15 is 0 Å². The fourth-order valence-electron chi connectivity index (χ4n) is 4.48. The van der Waals surface area contributed by atoms with Crippen LogP contribution in [-0.4, -0.2) is 55.6 Å². The Labute approximate surface area is 254 Å². The maximum atomic E-state index is 13.9. The molecule has 0 aliphatic rings. The predicted molar refractivity (Wildman–Crippen MR) is 165 cm³/mol. The highest BCUT2D eigenvalue weighted by atomic mass is 16.6. The lowest BCUT2D eigenvalue weighted by molar-refractivity contribution is -0.180. The Morgan fingerprint density at radius 1 is 0.535 bits per heavy atom. The van der Waals surface area contributed by atoms with Crippen LogP contribution < -0.4 is 0 Å². The number of benzene rings is 4. The van der Waals surface area contributed by atoms with E-state index in [1.54, 1.807) is 14.1 Å². The summed E-state index contributed by atoms with van der Waals surface area (Å²) in [4.78, 5) is 29.0. The summed E-state index contributed by atoms with van der Waals surface area (Å²) in [7, 11) is 3.31. The average molecular weight is 582 g/mol. The molecule has 0 aliphatic heterocycles. The van der Waals surface area contributed by atoms with Crippen molar-refractivity contribution in [2.24, 2.45) is 0 Å². The summed E-state index contributed by atoms with van der Waals surface area (Å²) in [5.74, 6) is -0.676. The minimum atomic E-state index is -1.15. The lowest BCUT2D eigenvalue weighted by atomic mass is 10.0. The average Bonchev–Trinajstić information content (AvgIpc) is 3.05. The van der Waals surface area contributed by atoms with E-state index < -0.39 is 18.3 Å². The van der Waals surface area contributed by atoms with Crippen LogP contribution in [0.1, 0.15) is 22.3 Å². The predicted octanol–water partition coefficient (Wildman–Crippen LogP) is 5.62. The second-order valence-electron chi connectivity index (χ2n) is 10.4. The van der Waals surface area contributed by atoms with Crippen LogP contribution in [0.3, 0.4) is 0 Å². The van der Waals surface area contributed by atoms with Crippen LogP contribution in [0.25, 0.3) is 0 Å². The van der Waals surface area contributed by atoms with Crippen LogP contribution in [0.15, 0.2) is 121 Å². The highest BCUT2D eigenvalue weighted by Gasteiger charge is 2.41. The van der Waals surface area contributed by atoms with Crippen LogP contribution in [0, 0.1) is 0 Å². The van der Waals surface area contributed by atoms with Gasteiger partial charge in [-0.2, -0.15) is 0 Å². The molecule has 0 bridgehead atoms. The van der Waals surface area contributed by atoms with Gasteiger partial charge >= 0.3 is 0 Å². The van der Waals surface area contributed by atoms with Crippen molar-refractivity contribution in [3.63, 3.8) is 0 Å². The van der Waals surface area contributed by atoms with Crippen molar-refractivity contribution in [2.45, 2.75) is 44.7 Å². The number of rotatable bonds is 17. The largest absolute Gasteiger partial charge is 0.369 e. The molecule has 0 heterocycles. The number of likely N-dealkylation sites (N-methyl/N-ethyl adjacent to an activating group) is 1. The van der Waals surface area contributed by atoms with E-state index in [9.17, 15) is 9.59 Å². The highest BCUT2D eigenvalue weighted by molar-refractivity contribution is 5.87. The fraction of sp³-hybridized carbons (Fsp3) is 0.278. The van der Waals surface area contributed by atoms with Crippen LogP contribution in [0.5, 0.6) is 0 Å². The van der Waals surface area contributed by atoms with Crippen molar-refractivity contribution in [1.29, 1.82) is 0 Å². The number of ether oxygens (including phenoxy) is 4. The number of nitrogens with zero attached hydrogens (tertiary/aromatic N) is 1. The third-order valence-electron chi connectivity index (χ3n) is 6.78. The molecule has 0 aromatic heterocycles. The fourth-order valence-corrected chi connectivity index (χ4v) is 4.48. The van der Waals surface area contributed by atoms with Gasteiger partial charge in [-0.15, -0.1) is 0 Å². The second-order valence-corrected chi connectivity index (χ2v) is 10.4. The van der Waals surface area contributed by atoms with Gasteiger partial charge in [0.05, 0.1) is 26.4 Å². The summed E-state index contributed by atoms with van der Waals surface area (Å²) in [6.45, 7) is 0.489. The van der Waals surface area contributed by atoms with E-state index in [1.165, 1.54) is 4.90 Å². The molecule has 7 nitrogen and oxygen atoms in total. The first-order chi connectivity index (χ1) is 21.0. The summed E-state index contributed by atoms with van der Waals surface area (Å²) < 4.78 is 24.8. The lowest BCUT2D eigenvalue weighted by Gasteiger charge is -2.33. The van der Waals surface area contributed by atoms with Gasteiger partial charge in [0.1, 0.15) is 18.8 Å². The number of Topliss-reactive ketones (excluding diaryl/α,β-unsaturated/α-hetero) is 1. The van der Waals surface area contributed by atoms with Gasteiger partial charge in [-0.25, -0.2) is 0 Å². The maximum Gasteiger partial charge on any atom is 0.254 e. The number of carbonyl (C=O) groups is 2. The van der Waals surface area contributed by atoms with Crippen molar-refractivity contribution in [1.82, 2.24) is 4.90 Å². The van der Waals surface area contributed by atoms with Crippen LogP contribution in [-0.2, 0) is 55.0 Å². The number of amides is 1. The quantitative estimate of drug-likeness (QED) is 0.161. The Morgan fingerprint density at radius 2 is 0.907 bits per heavy atom. The van der Waals surface area contributed by atoms with E-state index in [4.69, 9.17) is 18.9 Å². The molecule has 4 aromatic rings. The van der Waals surface area contributed by atoms with Gasteiger partial charge in [0.15, 0.2) is 11.9 Å². The number of hydrogen-bond donors (Lipinski definition) is 0. The van der Waals surface area contributed by atoms with Gasteiger partial charge in [-0.05, 0) is 22.3 Å². The molecule has 0 saturated heterocycles. The van der Waals surface area contributed by atoms with E-state index in [0.717, 1.165) is 22.3 Å². The third kappa shape index (κ3) is 10.3. The third-order valence-corrected chi connectivity index (χ3v) is 6.78. The molecule has 1 amide bonds. The van der Waals surface area contributed by atoms with Crippen molar-refractivity contribution < 1.29 is 28.5 Å². The van der Waals surface area contributed by atoms with Gasteiger partial charge < -0.3 is 23.8 Å². The Bertz CT molecular complexity index is 1370. The number of hydrogen-bond acceptors (Lipinski definition) is 6. The topological polar surface area (TPSA) is 74.3 Å². The Hall–Kier alpha value is -4.14. The Morgan fingerprint density at radius 3 is 1.33 bits per heavy atom. The highest BCUT2D eigenvalue weighted by Crippen LogP contribution is 2.21. The smallest absolute Gasteiger partial charge is 0.254 e. The molecule has 7 heteroatoms. The number of carbonyl (C=O) groups excluding carboxylic acids is 2. The molecule has 0 spiro atoms. The first kappa shape index (κ1) is 31.8. The van der Waals surface area contributed by atoms with E-state index in [0.29, 0.717) is 0 Å². The minimum absolute atomic E-state index is 0.142. The van der Waals surface area contributed by atoms with E-state index in [-0.39, 0.29) is 44.7 Å². The molecule has 4 aromatic carbocycles. The Kier molecular flexibility index (Phi) is 12.6. The second kappa shape index (κ2) is 17.1. The molecule has 224 valence electrons. The molecule has 0 N–H and O–H groups in total. The van der Waals surface area contributed by atoms with Gasteiger partial charge in [-0.3, -0.25) is 9.59 Å². The van der Waals surface area contributed by atoms with Gasteiger partial charge in [0.2, 0.25) is 0 Å². The summed E-state index contributed by atoms with van der Waals surface area (Å²) >= 11 is 0. The lowest BCUT2D eigenvalue weighted by Crippen LogP contribution is -2.53. The molecule has 0 saturated carbocycles. The summed E-state index contributed by atoms with van der Waals surface area (Å²) in [5.41, 5.74) is 3.61. The zero-order chi connectivity index (χ0) is 30.3. The van der Waals surface area contributed by atoms with Crippen molar-refractivity contribution in [3.05, 3.63) is 144 Å². The Balaban J connectivity index is 1.63. The monoisotopic (exact) mass is 581 g/mol. The van der Waals surface area contributed by atoms with E-state index in [1.807, 2.05) is 121 Å². The van der Waals surface area contributed by atoms with Gasteiger partial charge in [0.25, 0.3) is 5.91 Å². The molecule has 43 heavy (non-hydrogen) atoms. The first-order valence-corrected chi connectivity index (χ1v) is 14.3. The van der Waals surface area contributed by atoms with Crippen LogP contribution >= 0.6 is 0 Å². The molecular formula is C36H39NO6. The van der Waals surface area contributed by atoms with Gasteiger partial charge in [-0.1, -0.05) is 121 Å². The molecular weight excluding hydrogens is 542 g/mol. The van der Waals surface area contributed by atoms with Crippen molar-refractivity contribution >= 4 is 11.7 Å². The molecule has 0 radical (unpaired) electrons. The molecule has 0 unspecified atom stereocenters. The zero-order valence-electron chi connectivity index (χ0n) is 24.7. The van der Waals surface area contributed by atoms with Crippen LogP contribution in [0.4, 0.5) is 0 Å². The van der Waals surface area contributed by atoms with Crippen LogP contribution in [0.2, 0.25) is 0 Å². The zero-order valence-corrected chi connectivity index (χ0v) is 24.7. The maximum absolute atomic E-state index is 13.9. The molecule has 3 atom stereocenters. The van der Waals surface area contributed by atoms with Crippen molar-refractivity contribution in [3.8, 4) is 0 Å². The minimum Gasteiger partial charge on any atom is -0.369 e. The SMILES string of the molecule is CN(C)C(=O)[C@H](OCc1ccccc1)[C@@H](OCc1ccccc1)[C@H](OCc1ccccc1)C(=O)COCc1ccccc1. The summed E-state index contributed by atoms with van der Waals surface area (Å²) in [5, 5.41) is 0. The first-order valence-electron chi connectivity index (χ1n) is 14.3. The standard InChI is InChI=1S/C36H39NO6/c1-37(2)36(39)35(43-26-31-21-13-6-14-22-31)34(42-25-30-19-11-5-12-20-30)33(41-24-29-17-9-4-10-18-29)32(38)27-40-23-28-15-7-3-8-16-28/h3-22,33-35H,23-27H2,1-2H3/t33-,34+,35-/m1/s1. The normalized spacial score (nSPS) is 13.2. The molecule has 0 aliphatic carbocycles. The molecule has 0 fully saturated rings. The van der Waals surface area contributed by atoms with Gasteiger partial charge in [0, 0.05) is 14.1 Å².